The van der Waals surface area contributed by atoms with Crippen molar-refractivity contribution in [2.45, 2.75) is 0 Å². The molecule has 6 nitrogen and oxygen atoms in total. The van der Waals surface area contributed by atoms with E-state index in [0.717, 1.165) is 0 Å². The van der Waals surface area contributed by atoms with E-state index in [9.17, 15) is 9.13 Å². The monoisotopic (exact) mass is 239 g/mol. The standard InChI is InChI=1S/C5H5N.CH6O5P2/c1-2-4-6-5-3-1;1-7(2,3)8(4,5)6/h1-5H;1H3,(H,2,3)(H2,4,5,6). The maximum atomic E-state index is 10.0. The molecule has 1 aromatic heterocycles. The Morgan fingerprint density at radius 1 is 1.00 bits per heavy atom. The summed E-state index contributed by atoms with van der Waals surface area (Å²) < 4.78 is 19.9. The highest BCUT2D eigenvalue weighted by Gasteiger charge is 2.33. The molecule has 0 aromatic carbocycles. The molecule has 0 aliphatic rings. The summed E-state index contributed by atoms with van der Waals surface area (Å²) in [5.41, 5.74) is 0. The molecule has 0 amide bonds. The number of pyridine rings is 1. The Morgan fingerprint density at radius 2 is 1.36 bits per heavy atom. The minimum absolute atomic E-state index is 0.619. The lowest BCUT2D eigenvalue weighted by atomic mass is 10.5. The molecule has 8 heteroatoms. The maximum Gasteiger partial charge on any atom is 0.407 e. The molecule has 1 aromatic rings. The molecule has 0 saturated heterocycles. The second-order valence-electron chi connectivity index (χ2n) is 2.37. The van der Waals surface area contributed by atoms with Crippen molar-refractivity contribution in [3.8, 4) is 0 Å². The van der Waals surface area contributed by atoms with Crippen LogP contribution in [0.1, 0.15) is 0 Å². The summed E-state index contributed by atoms with van der Waals surface area (Å²) in [7, 11) is -8.92. The summed E-state index contributed by atoms with van der Waals surface area (Å²) in [5, 5.41) is 0. The van der Waals surface area contributed by atoms with Crippen molar-refractivity contribution < 1.29 is 23.8 Å². The van der Waals surface area contributed by atoms with Crippen molar-refractivity contribution >= 4 is 14.3 Å². The molecule has 0 saturated carbocycles. The lowest BCUT2D eigenvalue weighted by Gasteiger charge is -2.04. The van der Waals surface area contributed by atoms with E-state index < -0.39 is 14.3 Å². The average Bonchev–Trinajstić information content (AvgIpc) is 2.05. The Labute approximate surface area is 81.1 Å². The van der Waals surface area contributed by atoms with Crippen LogP contribution >= 0.6 is 14.3 Å². The van der Waals surface area contributed by atoms with E-state index >= 15 is 0 Å². The minimum atomic E-state index is -4.74. The van der Waals surface area contributed by atoms with E-state index in [1.165, 1.54) is 0 Å². The highest BCUT2D eigenvalue weighted by atomic mass is 32.1. The quantitative estimate of drug-likeness (QED) is 0.632. The van der Waals surface area contributed by atoms with Gasteiger partial charge in [0.1, 0.15) is 0 Å². The number of hydrogen-bond acceptors (Lipinski definition) is 3. The van der Waals surface area contributed by atoms with Gasteiger partial charge >= 0.3 is 14.3 Å². The summed E-state index contributed by atoms with van der Waals surface area (Å²) in [6.07, 6.45) is 3.50. The summed E-state index contributed by atoms with van der Waals surface area (Å²) in [6, 6.07) is 5.72. The lowest BCUT2D eigenvalue weighted by Crippen LogP contribution is -1.77. The molecule has 80 valence electrons. The smallest absolute Gasteiger partial charge is 0.336 e. The van der Waals surface area contributed by atoms with Crippen LogP contribution in [-0.4, -0.2) is 26.3 Å². The van der Waals surface area contributed by atoms with Crippen molar-refractivity contribution in [2.24, 2.45) is 0 Å². The Kier molecular flexibility index (Phi) is 5.19. The van der Waals surface area contributed by atoms with E-state index in [1.807, 2.05) is 18.2 Å². The molecule has 0 aliphatic carbocycles. The summed E-state index contributed by atoms with van der Waals surface area (Å²) >= 11 is 0. The first-order chi connectivity index (χ1) is 6.25. The van der Waals surface area contributed by atoms with Crippen molar-refractivity contribution in [1.82, 2.24) is 4.98 Å². The molecule has 1 heterocycles. The first-order valence-corrected chi connectivity index (χ1v) is 7.89. The van der Waals surface area contributed by atoms with Crippen LogP contribution in [-0.2, 0) is 9.13 Å². The molecule has 1 unspecified atom stereocenters. The first-order valence-electron chi connectivity index (χ1n) is 3.46. The van der Waals surface area contributed by atoms with Crippen LogP contribution in [0.4, 0.5) is 0 Å². The fourth-order valence-electron chi connectivity index (χ4n) is 0.313. The molecule has 0 bridgehead atoms. The van der Waals surface area contributed by atoms with Crippen LogP contribution in [0.15, 0.2) is 30.6 Å². The molecule has 0 fully saturated rings. The van der Waals surface area contributed by atoms with Gasteiger partial charge in [-0.05, 0) is 12.1 Å². The van der Waals surface area contributed by atoms with Crippen molar-refractivity contribution in [3.63, 3.8) is 0 Å². The molecular formula is C6H11NO5P2. The van der Waals surface area contributed by atoms with E-state index in [-0.39, 0.29) is 0 Å². The molecule has 0 radical (unpaired) electrons. The van der Waals surface area contributed by atoms with Gasteiger partial charge in [0.15, 0.2) is 0 Å². The SMILES string of the molecule is CP(=O)(O)P(=O)(O)O.c1ccncc1. The second kappa shape index (κ2) is 5.39. The van der Waals surface area contributed by atoms with Gasteiger partial charge in [0.25, 0.3) is 0 Å². The third-order valence-corrected chi connectivity index (χ3v) is 4.92. The normalized spacial score (nSPS) is 14.9. The van der Waals surface area contributed by atoms with Gasteiger partial charge in [-0.25, -0.2) is 4.57 Å². The highest BCUT2D eigenvalue weighted by Crippen LogP contribution is 2.71. The highest BCUT2D eigenvalue weighted by molar-refractivity contribution is 8.28. The third-order valence-electron chi connectivity index (χ3n) is 1.05. The van der Waals surface area contributed by atoms with Gasteiger partial charge in [-0.2, -0.15) is 0 Å². The summed E-state index contributed by atoms with van der Waals surface area (Å²) in [4.78, 5) is 27.8. The summed E-state index contributed by atoms with van der Waals surface area (Å²) in [5.74, 6) is 0. The van der Waals surface area contributed by atoms with Gasteiger partial charge in [0, 0.05) is 19.1 Å². The fraction of sp³-hybridized carbons (Fsp3) is 0.167. The molecule has 3 N–H and O–H groups in total. The van der Waals surface area contributed by atoms with Gasteiger partial charge in [-0.15, -0.1) is 0 Å². The van der Waals surface area contributed by atoms with Crippen LogP contribution in [0.5, 0.6) is 0 Å². The molecule has 1 atom stereocenters. The maximum absolute atomic E-state index is 10.0. The minimum Gasteiger partial charge on any atom is -0.336 e. The molecule has 1 rings (SSSR count). The zero-order valence-electron chi connectivity index (χ0n) is 7.39. The molecule has 0 spiro atoms. The zero-order chi connectivity index (χ0) is 11.2. The summed E-state index contributed by atoms with van der Waals surface area (Å²) in [6.45, 7) is 0.619. The fourth-order valence-corrected chi connectivity index (χ4v) is 0.313. The van der Waals surface area contributed by atoms with Crippen LogP contribution in [0.3, 0.4) is 0 Å². The van der Waals surface area contributed by atoms with E-state index in [2.05, 4.69) is 4.98 Å². The lowest BCUT2D eigenvalue weighted by molar-refractivity contribution is 0.378. The largest absolute Gasteiger partial charge is 0.407 e. The Morgan fingerprint density at radius 3 is 1.43 bits per heavy atom. The third kappa shape index (κ3) is 6.02. The van der Waals surface area contributed by atoms with Crippen molar-refractivity contribution in [2.75, 3.05) is 6.66 Å². The van der Waals surface area contributed by atoms with E-state index in [0.29, 0.717) is 6.66 Å². The molecule has 14 heavy (non-hydrogen) atoms. The second-order valence-corrected chi connectivity index (χ2v) is 8.86. The predicted octanol–water partition coefficient (Wildman–Crippen LogP) is 1.06. The van der Waals surface area contributed by atoms with Crippen LogP contribution < -0.4 is 0 Å². The van der Waals surface area contributed by atoms with Gasteiger partial charge < -0.3 is 14.7 Å². The van der Waals surface area contributed by atoms with Crippen LogP contribution in [0.25, 0.3) is 0 Å². The Bertz CT molecular complexity index is 296. The van der Waals surface area contributed by atoms with E-state index in [1.54, 1.807) is 12.4 Å². The van der Waals surface area contributed by atoms with Crippen LogP contribution in [0, 0.1) is 0 Å². The number of hydrogen-bond donors (Lipinski definition) is 3. The topological polar surface area (TPSA) is 108 Å². The Hall–Kier alpha value is -0.510. The number of nitrogens with zero attached hydrogens (tertiary/aromatic N) is 1. The zero-order valence-corrected chi connectivity index (χ0v) is 9.18. The van der Waals surface area contributed by atoms with Gasteiger partial charge in [0.2, 0.25) is 0 Å². The predicted molar refractivity (Wildman–Crippen MR) is 52.0 cm³/mol. The first kappa shape index (κ1) is 13.5. The van der Waals surface area contributed by atoms with Crippen LogP contribution in [0.2, 0.25) is 0 Å². The van der Waals surface area contributed by atoms with Gasteiger partial charge in [-0.3, -0.25) is 9.55 Å². The Balaban J connectivity index is 0.000000249. The number of rotatable bonds is 1. The van der Waals surface area contributed by atoms with Crippen molar-refractivity contribution in [1.29, 1.82) is 0 Å². The van der Waals surface area contributed by atoms with E-state index in [4.69, 9.17) is 14.7 Å². The molecule has 0 aliphatic heterocycles. The van der Waals surface area contributed by atoms with Crippen molar-refractivity contribution in [3.05, 3.63) is 30.6 Å². The number of aromatic nitrogens is 1. The van der Waals surface area contributed by atoms with Gasteiger partial charge in [-0.1, -0.05) is 6.07 Å². The average molecular weight is 239 g/mol. The van der Waals surface area contributed by atoms with Gasteiger partial charge in [0.05, 0.1) is 0 Å². The molecular weight excluding hydrogens is 228 g/mol.